The van der Waals surface area contributed by atoms with Gasteiger partial charge in [-0.15, -0.1) is 0 Å². The third-order valence-electron chi connectivity index (χ3n) is 2.73. The monoisotopic (exact) mass is 244 g/mol. The molecule has 0 aliphatic carbocycles. The highest BCUT2D eigenvalue weighted by Crippen LogP contribution is 2.03. The first kappa shape index (κ1) is 15.7. The highest BCUT2D eigenvalue weighted by atomic mass is 16.5. The molecule has 5 heteroatoms. The fourth-order valence-electron chi connectivity index (χ4n) is 1.25. The largest absolute Gasteiger partial charge is 0.453 e. The summed E-state index contributed by atoms with van der Waals surface area (Å²) in [6, 6.07) is -0.550. The second-order valence-electron chi connectivity index (χ2n) is 4.62. The Kier molecular flexibility index (Phi) is 7.34. The first-order valence-corrected chi connectivity index (χ1v) is 6.04. The minimum absolute atomic E-state index is 0.0195. The van der Waals surface area contributed by atoms with Crippen molar-refractivity contribution in [1.82, 2.24) is 10.6 Å². The summed E-state index contributed by atoms with van der Waals surface area (Å²) < 4.78 is 4.50. The van der Waals surface area contributed by atoms with Crippen molar-refractivity contribution in [1.29, 1.82) is 0 Å². The van der Waals surface area contributed by atoms with Crippen LogP contribution in [-0.4, -0.2) is 31.7 Å². The van der Waals surface area contributed by atoms with Gasteiger partial charge in [-0.2, -0.15) is 0 Å². The Morgan fingerprint density at radius 1 is 1.24 bits per heavy atom. The number of hydrogen-bond donors (Lipinski definition) is 2. The average molecular weight is 244 g/mol. The first-order valence-electron chi connectivity index (χ1n) is 6.04. The SMILES string of the molecule is CCC(C)CNC(=O)C(NC(=O)OC)C(C)C. The summed E-state index contributed by atoms with van der Waals surface area (Å²) >= 11 is 0. The number of alkyl carbamates (subject to hydrolysis) is 1. The summed E-state index contributed by atoms with van der Waals surface area (Å²) in [5, 5.41) is 5.37. The quantitative estimate of drug-likeness (QED) is 0.744. The predicted octanol–water partition coefficient (Wildman–Crippen LogP) is 1.53. The minimum atomic E-state index is -0.581. The molecule has 5 nitrogen and oxygen atoms in total. The second kappa shape index (κ2) is 7.92. The number of amides is 2. The maximum Gasteiger partial charge on any atom is 0.407 e. The van der Waals surface area contributed by atoms with Crippen molar-refractivity contribution in [2.75, 3.05) is 13.7 Å². The van der Waals surface area contributed by atoms with Crippen molar-refractivity contribution in [2.45, 2.75) is 40.2 Å². The van der Waals surface area contributed by atoms with Gasteiger partial charge >= 0.3 is 6.09 Å². The van der Waals surface area contributed by atoms with E-state index in [2.05, 4.69) is 29.2 Å². The summed E-state index contributed by atoms with van der Waals surface area (Å²) in [5.41, 5.74) is 0. The van der Waals surface area contributed by atoms with E-state index in [9.17, 15) is 9.59 Å². The summed E-state index contributed by atoms with van der Waals surface area (Å²) in [7, 11) is 1.28. The van der Waals surface area contributed by atoms with Crippen LogP contribution in [0.5, 0.6) is 0 Å². The number of methoxy groups -OCH3 is 1. The number of ether oxygens (including phenoxy) is 1. The fourth-order valence-corrected chi connectivity index (χ4v) is 1.25. The molecular weight excluding hydrogens is 220 g/mol. The molecule has 0 aliphatic rings. The number of hydrogen-bond acceptors (Lipinski definition) is 3. The molecule has 0 spiro atoms. The Labute approximate surface area is 103 Å². The Hall–Kier alpha value is -1.26. The lowest BCUT2D eigenvalue weighted by Gasteiger charge is -2.21. The van der Waals surface area contributed by atoms with E-state index in [1.54, 1.807) is 0 Å². The maximum atomic E-state index is 11.9. The molecule has 0 aliphatic heterocycles. The molecule has 0 rings (SSSR count). The normalized spacial score (nSPS) is 14.0. The van der Waals surface area contributed by atoms with Crippen molar-refractivity contribution in [2.24, 2.45) is 11.8 Å². The van der Waals surface area contributed by atoms with Crippen LogP contribution in [0.1, 0.15) is 34.1 Å². The van der Waals surface area contributed by atoms with Crippen molar-refractivity contribution in [3.8, 4) is 0 Å². The van der Waals surface area contributed by atoms with Gasteiger partial charge in [0.25, 0.3) is 0 Å². The van der Waals surface area contributed by atoms with Gasteiger partial charge in [-0.3, -0.25) is 4.79 Å². The second-order valence-corrected chi connectivity index (χ2v) is 4.62. The van der Waals surface area contributed by atoms with E-state index in [-0.39, 0.29) is 11.8 Å². The molecule has 0 aromatic heterocycles. The van der Waals surface area contributed by atoms with Crippen molar-refractivity contribution >= 4 is 12.0 Å². The van der Waals surface area contributed by atoms with Gasteiger partial charge < -0.3 is 15.4 Å². The maximum absolute atomic E-state index is 11.9. The summed E-state index contributed by atoms with van der Waals surface area (Å²) in [6.07, 6.45) is 0.430. The molecule has 2 amide bonds. The van der Waals surface area contributed by atoms with Crippen molar-refractivity contribution in [3.05, 3.63) is 0 Å². The predicted molar refractivity (Wildman–Crippen MR) is 66.6 cm³/mol. The molecule has 0 saturated heterocycles. The lowest BCUT2D eigenvalue weighted by Crippen LogP contribution is -2.50. The molecule has 0 radical (unpaired) electrons. The summed E-state index contributed by atoms with van der Waals surface area (Å²) in [4.78, 5) is 23.0. The molecule has 0 bridgehead atoms. The van der Waals surface area contributed by atoms with Gasteiger partial charge in [0.2, 0.25) is 5.91 Å². The summed E-state index contributed by atoms with van der Waals surface area (Å²) in [6.45, 7) is 8.52. The van der Waals surface area contributed by atoms with Gasteiger partial charge in [0.05, 0.1) is 7.11 Å². The highest BCUT2D eigenvalue weighted by molar-refractivity contribution is 5.85. The molecule has 2 unspecified atom stereocenters. The van der Waals surface area contributed by atoms with E-state index >= 15 is 0 Å². The molecule has 0 aromatic rings. The average Bonchev–Trinajstić information content (AvgIpc) is 2.31. The van der Waals surface area contributed by atoms with Gasteiger partial charge in [-0.1, -0.05) is 34.1 Å². The van der Waals surface area contributed by atoms with Crippen molar-refractivity contribution in [3.63, 3.8) is 0 Å². The van der Waals surface area contributed by atoms with Gasteiger partial charge in [-0.25, -0.2) is 4.79 Å². The standard InChI is InChI=1S/C12H24N2O3/c1-6-9(4)7-13-11(15)10(8(2)3)14-12(16)17-5/h8-10H,6-7H2,1-5H3,(H,13,15)(H,14,16). The van der Waals surface area contributed by atoms with Crippen LogP contribution in [0.2, 0.25) is 0 Å². The van der Waals surface area contributed by atoms with E-state index in [0.29, 0.717) is 12.5 Å². The Morgan fingerprint density at radius 2 is 1.82 bits per heavy atom. The van der Waals surface area contributed by atoms with E-state index in [1.807, 2.05) is 13.8 Å². The van der Waals surface area contributed by atoms with Crippen LogP contribution >= 0.6 is 0 Å². The lowest BCUT2D eigenvalue weighted by atomic mass is 10.0. The first-order chi connectivity index (χ1) is 7.92. The third-order valence-corrected chi connectivity index (χ3v) is 2.73. The van der Waals surface area contributed by atoms with Crippen LogP contribution in [0.3, 0.4) is 0 Å². The molecule has 2 atom stereocenters. The molecule has 100 valence electrons. The Morgan fingerprint density at radius 3 is 2.24 bits per heavy atom. The van der Waals surface area contributed by atoms with Crippen LogP contribution < -0.4 is 10.6 Å². The fraction of sp³-hybridized carbons (Fsp3) is 0.833. The molecule has 17 heavy (non-hydrogen) atoms. The van der Waals surface area contributed by atoms with Crippen molar-refractivity contribution < 1.29 is 14.3 Å². The number of nitrogens with one attached hydrogen (secondary N) is 2. The molecule has 0 heterocycles. The summed E-state index contributed by atoms with van der Waals surface area (Å²) in [5.74, 6) is 0.293. The van der Waals surface area contributed by atoms with Crippen LogP contribution in [0.4, 0.5) is 4.79 Å². The van der Waals surface area contributed by atoms with E-state index in [1.165, 1.54) is 7.11 Å². The zero-order valence-corrected chi connectivity index (χ0v) is 11.4. The van der Waals surface area contributed by atoms with Crippen LogP contribution in [0.15, 0.2) is 0 Å². The third kappa shape index (κ3) is 6.14. The molecule has 2 N–H and O–H groups in total. The Balaban J connectivity index is 4.30. The van der Waals surface area contributed by atoms with E-state index in [0.717, 1.165) is 6.42 Å². The molecule has 0 aromatic carbocycles. The zero-order valence-electron chi connectivity index (χ0n) is 11.4. The van der Waals surface area contributed by atoms with Gasteiger partial charge in [0.1, 0.15) is 6.04 Å². The van der Waals surface area contributed by atoms with Gasteiger partial charge in [0, 0.05) is 6.54 Å². The van der Waals surface area contributed by atoms with Gasteiger partial charge in [-0.05, 0) is 11.8 Å². The van der Waals surface area contributed by atoms with Gasteiger partial charge in [0.15, 0.2) is 0 Å². The number of carbonyl (C=O) groups is 2. The highest BCUT2D eigenvalue weighted by Gasteiger charge is 2.24. The topological polar surface area (TPSA) is 67.4 Å². The number of rotatable bonds is 6. The number of carbonyl (C=O) groups excluding carboxylic acids is 2. The zero-order chi connectivity index (χ0) is 13.4. The minimum Gasteiger partial charge on any atom is -0.453 e. The molecule has 0 saturated carbocycles. The lowest BCUT2D eigenvalue weighted by molar-refractivity contribution is -0.124. The van der Waals surface area contributed by atoms with E-state index < -0.39 is 12.1 Å². The molecule has 0 fully saturated rings. The van der Waals surface area contributed by atoms with Crippen LogP contribution in [0, 0.1) is 11.8 Å². The Bertz CT molecular complexity index is 254. The smallest absolute Gasteiger partial charge is 0.407 e. The van der Waals surface area contributed by atoms with Crippen LogP contribution in [-0.2, 0) is 9.53 Å². The molecular formula is C12H24N2O3. The van der Waals surface area contributed by atoms with Crippen LogP contribution in [0.25, 0.3) is 0 Å². The van der Waals surface area contributed by atoms with E-state index in [4.69, 9.17) is 0 Å².